The van der Waals surface area contributed by atoms with Crippen molar-refractivity contribution in [3.05, 3.63) is 35.9 Å². The number of halogens is 3. The lowest BCUT2D eigenvalue weighted by Gasteiger charge is -2.23. The molecule has 3 atom stereocenters. The zero-order valence-corrected chi connectivity index (χ0v) is 12.6. The Balaban J connectivity index is 2.18. The fourth-order valence-electron chi connectivity index (χ4n) is 2.37. The number of hydrogen-bond acceptors (Lipinski definition) is 3. The highest BCUT2D eigenvalue weighted by Crippen LogP contribution is 2.37. The first kappa shape index (κ1) is 17.0. The van der Waals surface area contributed by atoms with E-state index in [0.29, 0.717) is 0 Å². The van der Waals surface area contributed by atoms with Gasteiger partial charge in [-0.2, -0.15) is 17.5 Å². The summed E-state index contributed by atoms with van der Waals surface area (Å²) in [4.78, 5) is 11.4. The van der Waals surface area contributed by atoms with E-state index in [1.807, 2.05) is 0 Å². The number of benzene rings is 1. The molecule has 22 heavy (non-hydrogen) atoms. The summed E-state index contributed by atoms with van der Waals surface area (Å²) in [5.41, 5.74) is 5.59. The second kappa shape index (κ2) is 6.37. The molecule has 0 saturated heterocycles. The van der Waals surface area contributed by atoms with E-state index in [1.165, 1.54) is 24.3 Å². The van der Waals surface area contributed by atoms with Crippen LogP contribution in [0.1, 0.15) is 24.3 Å². The van der Waals surface area contributed by atoms with Gasteiger partial charge in [0.25, 0.3) is 5.91 Å². The normalized spacial score (nSPS) is 27.3. The van der Waals surface area contributed by atoms with E-state index in [4.69, 9.17) is 5.73 Å². The van der Waals surface area contributed by atoms with Gasteiger partial charge in [0.15, 0.2) is 0 Å². The molecule has 0 unspecified atom stereocenters. The van der Waals surface area contributed by atoms with Crippen LogP contribution in [-0.4, -0.2) is 33.8 Å². The maximum Gasteiger partial charge on any atom is 0.395 e. The van der Waals surface area contributed by atoms with Gasteiger partial charge in [0, 0.05) is 11.5 Å². The third kappa shape index (κ3) is 4.07. The molecule has 1 aliphatic rings. The highest BCUT2D eigenvalue weighted by atomic mass is 32.2. The van der Waals surface area contributed by atoms with E-state index in [-0.39, 0.29) is 29.9 Å². The van der Waals surface area contributed by atoms with Crippen LogP contribution in [-0.2, 0) is 14.5 Å². The zero-order chi connectivity index (χ0) is 16.4. The molecule has 4 nitrogen and oxygen atoms in total. The van der Waals surface area contributed by atoms with E-state index >= 15 is 0 Å². The molecule has 2 rings (SSSR count). The molecule has 2 N–H and O–H groups in total. The summed E-state index contributed by atoms with van der Waals surface area (Å²) in [7, 11) is -2.94. The highest BCUT2D eigenvalue weighted by Gasteiger charge is 2.41. The Hall–Kier alpha value is -1.41. The van der Waals surface area contributed by atoms with Crippen molar-refractivity contribution in [1.82, 2.24) is 0 Å². The van der Waals surface area contributed by atoms with Crippen LogP contribution in [0.3, 0.4) is 0 Å². The minimum absolute atomic E-state index is 0.0687. The third-order valence-corrected chi connectivity index (χ3v) is 5.90. The number of rotatable bonds is 4. The van der Waals surface area contributed by atoms with Crippen molar-refractivity contribution in [1.29, 1.82) is 0 Å². The molecule has 1 aromatic rings. The van der Waals surface area contributed by atoms with E-state index in [2.05, 4.69) is 4.36 Å². The molecule has 0 radical (unpaired) electrons. The minimum Gasteiger partial charge on any atom is -0.320 e. The quantitative estimate of drug-likeness (QED) is 0.919. The van der Waals surface area contributed by atoms with Crippen molar-refractivity contribution < 1.29 is 22.2 Å². The molecular formula is C14H17F3N2O2S. The minimum atomic E-state index is -4.44. The fraction of sp³-hybridized carbons (Fsp3) is 0.500. The Kier molecular flexibility index (Phi) is 4.91. The molecule has 8 heteroatoms. The van der Waals surface area contributed by atoms with Gasteiger partial charge in [-0.15, -0.1) is 0 Å². The molecule has 0 spiro atoms. The average Bonchev–Trinajstić information content (AvgIpc) is 2.43. The number of amides is 1. The topological polar surface area (TPSA) is 72.5 Å². The second-order valence-electron chi connectivity index (χ2n) is 5.30. The van der Waals surface area contributed by atoms with E-state index < -0.39 is 33.8 Å². The van der Waals surface area contributed by atoms with Crippen LogP contribution in [0.25, 0.3) is 0 Å². The molecule has 1 aliphatic heterocycles. The van der Waals surface area contributed by atoms with E-state index in [0.717, 1.165) is 0 Å². The Labute approximate surface area is 127 Å². The molecule has 122 valence electrons. The molecule has 1 amide bonds. The number of carbonyl (C=O) groups is 1. The summed E-state index contributed by atoms with van der Waals surface area (Å²) in [6.45, 7) is 0. The highest BCUT2D eigenvalue weighted by molar-refractivity contribution is 7.93. The SMILES string of the molecule is N[C@H]1CC[S@@](=O)(CC[C@@H](c2ccccc2)C(F)(F)F)=NC1=O. The number of nitrogens with two attached hydrogens (primary N) is 1. The lowest BCUT2D eigenvalue weighted by Crippen LogP contribution is -2.37. The van der Waals surface area contributed by atoms with Crippen LogP contribution < -0.4 is 5.73 Å². The lowest BCUT2D eigenvalue weighted by molar-refractivity contribution is -0.150. The summed E-state index contributed by atoms with van der Waals surface area (Å²) in [6, 6.07) is 6.69. The summed E-state index contributed by atoms with van der Waals surface area (Å²) >= 11 is 0. The molecule has 0 aliphatic carbocycles. The van der Waals surface area contributed by atoms with Gasteiger partial charge in [0.1, 0.15) is 0 Å². The predicted octanol–water partition coefficient (Wildman–Crippen LogP) is 2.45. The van der Waals surface area contributed by atoms with Crippen LogP contribution in [0.15, 0.2) is 34.7 Å². The van der Waals surface area contributed by atoms with Gasteiger partial charge in [0.2, 0.25) is 0 Å². The first-order valence-corrected chi connectivity index (χ1v) is 8.70. The van der Waals surface area contributed by atoms with Crippen molar-refractivity contribution in [3.8, 4) is 0 Å². The Morgan fingerprint density at radius 1 is 1.32 bits per heavy atom. The van der Waals surface area contributed by atoms with Crippen LogP contribution in [0, 0.1) is 0 Å². The van der Waals surface area contributed by atoms with Crippen molar-refractivity contribution in [3.63, 3.8) is 0 Å². The first-order chi connectivity index (χ1) is 10.2. The maximum atomic E-state index is 13.2. The van der Waals surface area contributed by atoms with Gasteiger partial charge in [-0.25, -0.2) is 4.21 Å². The predicted molar refractivity (Wildman–Crippen MR) is 77.8 cm³/mol. The van der Waals surface area contributed by atoms with Crippen molar-refractivity contribution in [2.75, 3.05) is 11.5 Å². The largest absolute Gasteiger partial charge is 0.395 e. The van der Waals surface area contributed by atoms with Gasteiger partial charge in [-0.05, 0) is 18.4 Å². The second-order valence-corrected chi connectivity index (χ2v) is 7.84. The lowest BCUT2D eigenvalue weighted by atomic mass is 9.96. The Morgan fingerprint density at radius 2 is 1.95 bits per heavy atom. The zero-order valence-electron chi connectivity index (χ0n) is 11.8. The first-order valence-electron chi connectivity index (χ1n) is 6.85. The molecule has 0 saturated carbocycles. The van der Waals surface area contributed by atoms with Crippen molar-refractivity contribution in [2.45, 2.75) is 31.0 Å². The monoisotopic (exact) mass is 334 g/mol. The molecule has 1 aromatic carbocycles. The van der Waals surface area contributed by atoms with Crippen LogP contribution in [0.4, 0.5) is 13.2 Å². The van der Waals surface area contributed by atoms with Gasteiger partial charge in [-0.3, -0.25) is 4.79 Å². The maximum absolute atomic E-state index is 13.2. The summed E-state index contributed by atoms with van der Waals surface area (Å²) in [5.74, 6) is -2.59. The number of nitrogens with zero attached hydrogens (tertiary/aromatic N) is 1. The smallest absolute Gasteiger partial charge is 0.320 e. The molecule has 0 fully saturated rings. The Bertz CT molecular complexity index is 652. The summed E-state index contributed by atoms with van der Waals surface area (Å²) in [5, 5.41) is 0. The fourth-order valence-corrected chi connectivity index (χ4v) is 4.44. The molecule has 1 heterocycles. The molecule has 0 bridgehead atoms. The average molecular weight is 334 g/mol. The number of alkyl halides is 3. The van der Waals surface area contributed by atoms with E-state index in [9.17, 15) is 22.2 Å². The standard InChI is InChI=1S/C14H17F3N2O2S/c15-14(16,17)11(10-4-2-1-3-5-10)6-8-22(21)9-7-12(18)13(20)19-22/h1-5,11-12H,6-9,18H2/t11-,12-,22-/m0/s1. The molecule has 0 aromatic heterocycles. The van der Waals surface area contributed by atoms with Gasteiger partial charge >= 0.3 is 6.18 Å². The van der Waals surface area contributed by atoms with Gasteiger partial charge < -0.3 is 5.73 Å². The van der Waals surface area contributed by atoms with E-state index in [1.54, 1.807) is 6.07 Å². The summed E-state index contributed by atoms with van der Waals surface area (Å²) < 4.78 is 55.6. The van der Waals surface area contributed by atoms with Crippen molar-refractivity contribution in [2.24, 2.45) is 10.1 Å². The van der Waals surface area contributed by atoms with Crippen LogP contribution in [0.5, 0.6) is 0 Å². The molecular weight excluding hydrogens is 317 g/mol. The number of hydrogen-bond donors (Lipinski definition) is 1. The van der Waals surface area contributed by atoms with Crippen LogP contribution >= 0.6 is 0 Å². The van der Waals surface area contributed by atoms with Gasteiger partial charge in [-0.1, -0.05) is 30.3 Å². The number of carbonyl (C=O) groups excluding carboxylic acids is 1. The van der Waals surface area contributed by atoms with Crippen LogP contribution in [0.2, 0.25) is 0 Å². The summed E-state index contributed by atoms with van der Waals surface area (Å²) in [6.07, 6.45) is -4.60. The Morgan fingerprint density at radius 3 is 2.50 bits per heavy atom. The van der Waals surface area contributed by atoms with Gasteiger partial charge in [0.05, 0.1) is 21.7 Å². The third-order valence-electron chi connectivity index (χ3n) is 3.64. The van der Waals surface area contributed by atoms with Crippen molar-refractivity contribution >= 4 is 15.6 Å².